The number of rotatable bonds is 6. The molecule has 1 fully saturated rings. The van der Waals surface area contributed by atoms with E-state index in [0.717, 1.165) is 19.4 Å². The molecule has 1 aromatic rings. The maximum absolute atomic E-state index is 13.3. The van der Waals surface area contributed by atoms with Crippen LogP contribution >= 0.6 is 0 Å². The topological polar surface area (TPSA) is 32.3 Å². The van der Waals surface area contributed by atoms with Gasteiger partial charge in [0.1, 0.15) is 5.82 Å². The van der Waals surface area contributed by atoms with Gasteiger partial charge in [0.25, 0.3) is 0 Å². The predicted octanol–water partition coefficient (Wildman–Crippen LogP) is 1.93. The van der Waals surface area contributed by atoms with E-state index in [9.17, 15) is 9.18 Å². The Labute approximate surface area is 107 Å². The van der Waals surface area contributed by atoms with Crippen LogP contribution in [0, 0.1) is 5.82 Å². The molecule has 0 atom stereocenters. The number of benzene rings is 1. The van der Waals surface area contributed by atoms with Gasteiger partial charge in [0, 0.05) is 24.7 Å². The minimum absolute atomic E-state index is 0.108. The van der Waals surface area contributed by atoms with Crippen LogP contribution in [0.1, 0.15) is 25.3 Å². The van der Waals surface area contributed by atoms with E-state index >= 15 is 0 Å². The molecular formula is C14H19FN2O. The van der Waals surface area contributed by atoms with Gasteiger partial charge in [-0.2, -0.15) is 0 Å². The van der Waals surface area contributed by atoms with Crippen LogP contribution in [0.15, 0.2) is 24.3 Å². The normalized spacial score (nSPS) is 14.6. The molecule has 0 unspecified atom stereocenters. The van der Waals surface area contributed by atoms with Gasteiger partial charge in [0.15, 0.2) is 0 Å². The summed E-state index contributed by atoms with van der Waals surface area (Å²) in [6.45, 7) is 3.41. The van der Waals surface area contributed by atoms with Gasteiger partial charge in [-0.3, -0.25) is 4.79 Å². The van der Waals surface area contributed by atoms with Crippen molar-refractivity contribution < 1.29 is 9.18 Å². The summed E-state index contributed by atoms with van der Waals surface area (Å²) in [4.78, 5) is 13.8. The summed E-state index contributed by atoms with van der Waals surface area (Å²) in [7, 11) is 0. The fourth-order valence-electron chi connectivity index (χ4n) is 2.07. The van der Waals surface area contributed by atoms with Gasteiger partial charge in [-0.1, -0.05) is 18.2 Å². The molecule has 1 aliphatic rings. The van der Waals surface area contributed by atoms with Gasteiger partial charge in [-0.05, 0) is 25.8 Å². The number of carbonyl (C=O) groups is 1. The van der Waals surface area contributed by atoms with E-state index in [1.54, 1.807) is 18.2 Å². The number of nitrogens with zero attached hydrogens (tertiary/aromatic N) is 1. The lowest BCUT2D eigenvalue weighted by Crippen LogP contribution is -2.39. The van der Waals surface area contributed by atoms with Crippen LogP contribution < -0.4 is 5.32 Å². The van der Waals surface area contributed by atoms with Gasteiger partial charge in [0.05, 0.1) is 6.54 Å². The predicted molar refractivity (Wildman–Crippen MR) is 68.5 cm³/mol. The highest BCUT2D eigenvalue weighted by atomic mass is 19.1. The summed E-state index contributed by atoms with van der Waals surface area (Å²) in [6.07, 6.45) is 2.24. The zero-order valence-electron chi connectivity index (χ0n) is 10.7. The Kier molecular flexibility index (Phi) is 4.31. The number of amides is 1. The Morgan fingerprint density at radius 1 is 1.44 bits per heavy atom. The van der Waals surface area contributed by atoms with E-state index in [2.05, 4.69) is 5.32 Å². The number of halogens is 1. The van der Waals surface area contributed by atoms with Crippen molar-refractivity contribution in [3.63, 3.8) is 0 Å². The second-order valence-electron chi connectivity index (χ2n) is 4.61. The molecule has 1 aliphatic carbocycles. The van der Waals surface area contributed by atoms with Crippen molar-refractivity contribution in [1.82, 2.24) is 10.2 Å². The summed E-state index contributed by atoms with van der Waals surface area (Å²) in [5.74, 6) is -0.122. The van der Waals surface area contributed by atoms with Crippen LogP contribution in [-0.4, -0.2) is 29.9 Å². The molecule has 2 rings (SSSR count). The summed E-state index contributed by atoms with van der Waals surface area (Å²) < 4.78 is 13.3. The summed E-state index contributed by atoms with van der Waals surface area (Å²) in [5.41, 5.74) is 0.597. The summed E-state index contributed by atoms with van der Waals surface area (Å²) in [5, 5.41) is 3.01. The molecule has 0 spiro atoms. The molecule has 0 radical (unpaired) electrons. The molecule has 0 saturated heterocycles. The molecule has 1 amide bonds. The molecule has 0 aliphatic heterocycles. The first-order valence-electron chi connectivity index (χ1n) is 6.46. The number of hydrogen-bond donors (Lipinski definition) is 1. The van der Waals surface area contributed by atoms with Crippen molar-refractivity contribution in [1.29, 1.82) is 0 Å². The van der Waals surface area contributed by atoms with Gasteiger partial charge < -0.3 is 10.2 Å². The molecule has 0 bridgehead atoms. The van der Waals surface area contributed by atoms with Gasteiger partial charge in [0.2, 0.25) is 5.91 Å². The van der Waals surface area contributed by atoms with Crippen LogP contribution in [0.3, 0.4) is 0 Å². The highest BCUT2D eigenvalue weighted by Crippen LogP contribution is 2.26. The quantitative estimate of drug-likeness (QED) is 0.836. The Balaban J connectivity index is 1.78. The first-order chi connectivity index (χ1) is 8.72. The van der Waals surface area contributed by atoms with Crippen molar-refractivity contribution >= 4 is 5.91 Å². The van der Waals surface area contributed by atoms with E-state index in [1.807, 2.05) is 11.8 Å². The third kappa shape index (κ3) is 3.29. The second kappa shape index (κ2) is 5.96. The SMILES string of the molecule is CCN(C(=O)CNCc1ccccc1F)C1CC1. The van der Waals surface area contributed by atoms with E-state index in [4.69, 9.17) is 0 Å². The van der Waals surface area contributed by atoms with E-state index in [0.29, 0.717) is 18.2 Å². The highest BCUT2D eigenvalue weighted by molar-refractivity contribution is 5.78. The summed E-state index contributed by atoms with van der Waals surface area (Å²) >= 11 is 0. The van der Waals surface area contributed by atoms with Crippen LogP contribution in [0.2, 0.25) is 0 Å². The molecule has 1 aromatic carbocycles. The lowest BCUT2D eigenvalue weighted by Gasteiger charge is -2.20. The average Bonchev–Trinajstić information content (AvgIpc) is 3.17. The Morgan fingerprint density at radius 3 is 2.78 bits per heavy atom. The molecule has 0 heterocycles. The molecule has 0 aromatic heterocycles. The minimum Gasteiger partial charge on any atom is -0.339 e. The third-order valence-electron chi connectivity index (χ3n) is 3.20. The Bertz CT molecular complexity index is 418. The lowest BCUT2D eigenvalue weighted by molar-refractivity contribution is -0.130. The fourth-order valence-corrected chi connectivity index (χ4v) is 2.07. The maximum Gasteiger partial charge on any atom is 0.236 e. The maximum atomic E-state index is 13.3. The van der Waals surface area contributed by atoms with Crippen molar-refractivity contribution in [3.05, 3.63) is 35.6 Å². The van der Waals surface area contributed by atoms with E-state index < -0.39 is 0 Å². The zero-order chi connectivity index (χ0) is 13.0. The number of carbonyl (C=O) groups excluding carboxylic acids is 1. The second-order valence-corrected chi connectivity index (χ2v) is 4.61. The number of nitrogens with one attached hydrogen (secondary N) is 1. The van der Waals surface area contributed by atoms with Crippen molar-refractivity contribution in [2.24, 2.45) is 0 Å². The average molecular weight is 250 g/mol. The molecule has 1 saturated carbocycles. The summed E-state index contributed by atoms with van der Waals surface area (Å²) in [6, 6.07) is 7.06. The molecule has 4 heteroatoms. The van der Waals surface area contributed by atoms with E-state index in [-0.39, 0.29) is 18.3 Å². The lowest BCUT2D eigenvalue weighted by atomic mass is 10.2. The third-order valence-corrected chi connectivity index (χ3v) is 3.20. The van der Waals surface area contributed by atoms with Crippen molar-refractivity contribution in [2.75, 3.05) is 13.1 Å². The van der Waals surface area contributed by atoms with Crippen LogP contribution in [0.5, 0.6) is 0 Å². The fraction of sp³-hybridized carbons (Fsp3) is 0.500. The molecule has 18 heavy (non-hydrogen) atoms. The zero-order valence-corrected chi connectivity index (χ0v) is 10.7. The standard InChI is InChI=1S/C14H19FN2O/c1-2-17(12-7-8-12)14(18)10-16-9-11-5-3-4-6-13(11)15/h3-6,12,16H,2,7-10H2,1H3. The minimum atomic E-state index is -0.230. The van der Waals surface area contributed by atoms with Gasteiger partial charge >= 0.3 is 0 Å². The van der Waals surface area contributed by atoms with Crippen LogP contribution in [0.25, 0.3) is 0 Å². The first-order valence-corrected chi connectivity index (χ1v) is 6.46. The number of hydrogen-bond acceptors (Lipinski definition) is 2. The Morgan fingerprint density at radius 2 is 2.17 bits per heavy atom. The van der Waals surface area contributed by atoms with Crippen LogP contribution in [-0.2, 0) is 11.3 Å². The Hall–Kier alpha value is -1.42. The molecular weight excluding hydrogens is 231 g/mol. The number of likely N-dealkylation sites (N-methyl/N-ethyl adjacent to an activating group) is 1. The van der Waals surface area contributed by atoms with Gasteiger partial charge in [-0.15, -0.1) is 0 Å². The molecule has 1 N–H and O–H groups in total. The molecule has 3 nitrogen and oxygen atoms in total. The largest absolute Gasteiger partial charge is 0.339 e. The van der Waals surface area contributed by atoms with Crippen molar-refractivity contribution in [2.45, 2.75) is 32.4 Å². The first kappa shape index (κ1) is 13.0. The monoisotopic (exact) mass is 250 g/mol. The van der Waals surface area contributed by atoms with Crippen LogP contribution in [0.4, 0.5) is 4.39 Å². The van der Waals surface area contributed by atoms with Crippen molar-refractivity contribution in [3.8, 4) is 0 Å². The van der Waals surface area contributed by atoms with Gasteiger partial charge in [-0.25, -0.2) is 4.39 Å². The smallest absolute Gasteiger partial charge is 0.236 e. The highest BCUT2D eigenvalue weighted by Gasteiger charge is 2.30. The molecule has 98 valence electrons. The van der Waals surface area contributed by atoms with E-state index in [1.165, 1.54) is 6.07 Å².